The Morgan fingerprint density at radius 2 is 1.56 bits per heavy atom. The van der Waals surface area contributed by atoms with Crippen molar-refractivity contribution in [3.8, 4) is 16.9 Å². The fraction of sp³-hybridized carbons (Fsp3) is 0.259. The van der Waals surface area contributed by atoms with Crippen molar-refractivity contribution in [2.75, 3.05) is 18.0 Å². The number of carbonyl (C=O) groups excluding carboxylic acids is 1. The zero-order chi connectivity index (χ0) is 23.0. The van der Waals surface area contributed by atoms with Gasteiger partial charge < -0.3 is 9.64 Å². The fourth-order valence-corrected chi connectivity index (χ4v) is 3.93. The SMILES string of the molecule is Br.O=C(CN(C1=NCCCCC1)c1ccc(OC(F)F)cc1)c1ccc(-c2ccccc2)cc1. The summed E-state index contributed by atoms with van der Waals surface area (Å²) in [5.74, 6) is 0.901. The van der Waals surface area contributed by atoms with Crippen molar-refractivity contribution in [3.05, 3.63) is 84.4 Å². The number of alkyl halides is 2. The molecule has 178 valence electrons. The Balaban J connectivity index is 0.00000324. The van der Waals surface area contributed by atoms with Gasteiger partial charge in [-0.05, 0) is 48.2 Å². The van der Waals surface area contributed by atoms with Crippen molar-refractivity contribution < 1.29 is 18.3 Å². The average molecular weight is 529 g/mol. The number of ketones is 1. The molecule has 4 nitrogen and oxygen atoms in total. The molecular weight excluding hydrogens is 502 g/mol. The quantitative estimate of drug-likeness (QED) is 0.304. The minimum atomic E-state index is -2.88. The van der Waals surface area contributed by atoms with Crippen LogP contribution in [0.15, 0.2) is 83.9 Å². The third kappa shape index (κ3) is 6.73. The van der Waals surface area contributed by atoms with E-state index in [0.29, 0.717) is 5.56 Å². The van der Waals surface area contributed by atoms with E-state index in [1.165, 1.54) is 12.1 Å². The van der Waals surface area contributed by atoms with Crippen molar-refractivity contribution in [1.82, 2.24) is 0 Å². The summed E-state index contributed by atoms with van der Waals surface area (Å²) >= 11 is 0. The Kier molecular flexibility index (Phi) is 9.33. The first-order valence-electron chi connectivity index (χ1n) is 11.1. The van der Waals surface area contributed by atoms with Gasteiger partial charge in [0.05, 0.1) is 6.54 Å². The topological polar surface area (TPSA) is 41.9 Å². The summed E-state index contributed by atoms with van der Waals surface area (Å²) in [6, 6.07) is 24.0. The molecule has 0 bridgehead atoms. The Morgan fingerprint density at radius 3 is 2.24 bits per heavy atom. The van der Waals surface area contributed by atoms with E-state index in [1.807, 2.05) is 59.5 Å². The number of amidine groups is 1. The van der Waals surface area contributed by atoms with E-state index in [1.54, 1.807) is 12.1 Å². The van der Waals surface area contributed by atoms with Gasteiger partial charge in [0.25, 0.3) is 0 Å². The zero-order valence-electron chi connectivity index (χ0n) is 18.7. The Morgan fingerprint density at radius 1 is 0.882 bits per heavy atom. The van der Waals surface area contributed by atoms with Gasteiger partial charge in [0.1, 0.15) is 11.6 Å². The predicted molar refractivity (Wildman–Crippen MR) is 138 cm³/mol. The normalized spacial score (nSPS) is 13.4. The number of benzene rings is 3. The summed E-state index contributed by atoms with van der Waals surface area (Å²) in [7, 11) is 0. The summed E-state index contributed by atoms with van der Waals surface area (Å²) in [5, 5.41) is 0. The Bertz CT molecular complexity index is 1090. The first-order valence-corrected chi connectivity index (χ1v) is 11.1. The molecule has 0 fully saturated rings. The highest BCUT2D eigenvalue weighted by molar-refractivity contribution is 8.93. The number of ether oxygens (including phenoxy) is 1. The van der Waals surface area contributed by atoms with E-state index >= 15 is 0 Å². The molecule has 0 unspecified atom stereocenters. The van der Waals surface area contributed by atoms with Crippen molar-refractivity contribution in [2.45, 2.75) is 32.3 Å². The van der Waals surface area contributed by atoms with E-state index < -0.39 is 6.61 Å². The number of aliphatic imine (C=N–C) groups is 1. The Labute approximate surface area is 209 Å². The molecule has 0 saturated heterocycles. The molecule has 0 amide bonds. The summed E-state index contributed by atoms with van der Waals surface area (Å²) in [6.45, 7) is -2.03. The molecule has 4 rings (SSSR count). The summed E-state index contributed by atoms with van der Waals surface area (Å²) in [5.41, 5.74) is 3.49. The summed E-state index contributed by atoms with van der Waals surface area (Å²) in [4.78, 5) is 19.8. The first-order chi connectivity index (χ1) is 16.1. The largest absolute Gasteiger partial charge is 0.435 e. The van der Waals surface area contributed by atoms with Crippen LogP contribution >= 0.6 is 17.0 Å². The number of hydrogen-bond donors (Lipinski definition) is 0. The lowest BCUT2D eigenvalue weighted by Crippen LogP contribution is -2.36. The monoisotopic (exact) mass is 528 g/mol. The highest BCUT2D eigenvalue weighted by Gasteiger charge is 2.20. The van der Waals surface area contributed by atoms with Crippen LogP contribution in [0.3, 0.4) is 0 Å². The maximum absolute atomic E-state index is 13.2. The molecule has 1 heterocycles. The van der Waals surface area contributed by atoms with Gasteiger partial charge in [0.2, 0.25) is 0 Å². The maximum Gasteiger partial charge on any atom is 0.387 e. The van der Waals surface area contributed by atoms with Gasteiger partial charge in [-0.25, -0.2) is 0 Å². The van der Waals surface area contributed by atoms with Crippen LogP contribution in [0.2, 0.25) is 0 Å². The molecule has 7 heteroatoms. The van der Waals surface area contributed by atoms with Crippen LogP contribution in [0.5, 0.6) is 5.75 Å². The van der Waals surface area contributed by atoms with Gasteiger partial charge >= 0.3 is 6.61 Å². The van der Waals surface area contributed by atoms with Gasteiger partial charge in [0, 0.05) is 24.2 Å². The standard InChI is InChI=1S/C27H26F2N2O2.BrH/c28-27(29)33-24-16-14-23(15-17-24)31(26-9-5-2-6-18-30-26)19-25(32)22-12-10-21(11-13-22)20-7-3-1-4-8-20;/h1,3-4,7-8,10-17,27H,2,5-6,9,18-19H2;1H. The van der Waals surface area contributed by atoms with E-state index in [9.17, 15) is 13.6 Å². The molecule has 1 aliphatic heterocycles. The van der Waals surface area contributed by atoms with Crippen LogP contribution in [0, 0.1) is 0 Å². The van der Waals surface area contributed by atoms with Crippen LogP contribution in [0.4, 0.5) is 14.5 Å². The van der Waals surface area contributed by atoms with Crippen LogP contribution in [0.1, 0.15) is 36.0 Å². The zero-order valence-corrected chi connectivity index (χ0v) is 20.4. The molecule has 0 aliphatic carbocycles. The third-order valence-corrected chi connectivity index (χ3v) is 5.65. The molecule has 0 saturated carbocycles. The molecule has 0 radical (unpaired) electrons. The van der Waals surface area contributed by atoms with Crippen LogP contribution < -0.4 is 9.64 Å². The van der Waals surface area contributed by atoms with Crippen molar-refractivity contribution in [2.24, 2.45) is 4.99 Å². The Hall–Kier alpha value is -3.06. The lowest BCUT2D eigenvalue weighted by molar-refractivity contribution is -0.0498. The van der Waals surface area contributed by atoms with Crippen LogP contribution in [0.25, 0.3) is 11.1 Å². The lowest BCUT2D eigenvalue weighted by Gasteiger charge is -2.26. The molecule has 3 aromatic carbocycles. The molecule has 3 aromatic rings. The van der Waals surface area contributed by atoms with E-state index in [2.05, 4.69) is 4.74 Å². The van der Waals surface area contributed by atoms with Crippen LogP contribution in [-0.2, 0) is 0 Å². The first kappa shape index (κ1) is 25.6. The molecule has 1 aliphatic rings. The molecule has 34 heavy (non-hydrogen) atoms. The highest BCUT2D eigenvalue weighted by atomic mass is 79.9. The molecule has 0 spiro atoms. The van der Waals surface area contributed by atoms with Gasteiger partial charge in [-0.15, -0.1) is 17.0 Å². The van der Waals surface area contributed by atoms with E-state index in [4.69, 9.17) is 4.99 Å². The molecule has 0 N–H and O–H groups in total. The third-order valence-electron chi connectivity index (χ3n) is 5.65. The van der Waals surface area contributed by atoms with E-state index in [-0.39, 0.29) is 35.1 Å². The van der Waals surface area contributed by atoms with Crippen molar-refractivity contribution in [3.63, 3.8) is 0 Å². The molecule has 0 aromatic heterocycles. The number of anilines is 1. The number of rotatable bonds is 7. The minimum absolute atomic E-state index is 0. The summed E-state index contributed by atoms with van der Waals surface area (Å²) in [6.07, 6.45) is 3.89. The minimum Gasteiger partial charge on any atom is -0.435 e. The van der Waals surface area contributed by atoms with Crippen LogP contribution in [-0.4, -0.2) is 31.3 Å². The fourth-order valence-electron chi connectivity index (χ4n) is 3.93. The van der Waals surface area contributed by atoms with Crippen molar-refractivity contribution in [1.29, 1.82) is 0 Å². The maximum atomic E-state index is 13.2. The lowest BCUT2D eigenvalue weighted by atomic mass is 10.0. The number of Topliss-reactive ketones (excluding diaryl/α,β-unsaturated/α-hetero) is 1. The molecular formula is C27H27BrF2N2O2. The second kappa shape index (κ2) is 12.4. The highest BCUT2D eigenvalue weighted by Crippen LogP contribution is 2.25. The van der Waals surface area contributed by atoms with Crippen molar-refractivity contribution >= 4 is 34.3 Å². The summed E-state index contributed by atoms with van der Waals surface area (Å²) < 4.78 is 29.5. The smallest absolute Gasteiger partial charge is 0.387 e. The van der Waals surface area contributed by atoms with Gasteiger partial charge in [-0.2, -0.15) is 8.78 Å². The number of hydrogen-bond acceptors (Lipinski definition) is 4. The average Bonchev–Trinajstić information content (AvgIpc) is 3.13. The number of halogens is 3. The number of nitrogens with zero attached hydrogens (tertiary/aromatic N) is 2. The second-order valence-corrected chi connectivity index (χ2v) is 7.93. The van der Waals surface area contributed by atoms with E-state index in [0.717, 1.165) is 54.9 Å². The predicted octanol–water partition coefficient (Wildman–Crippen LogP) is 7.19. The second-order valence-electron chi connectivity index (χ2n) is 7.93. The van der Waals surface area contributed by atoms with Gasteiger partial charge in [-0.1, -0.05) is 61.0 Å². The van der Waals surface area contributed by atoms with Gasteiger partial charge in [-0.3, -0.25) is 9.79 Å². The molecule has 0 atom stereocenters. The number of carbonyl (C=O) groups is 1. The van der Waals surface area contributed by atoms with Gasteiger partial charge in [0.15, 0.2) is 5.78 Å².